The van der Waals surface area contributed by atoms with Crippen molar-refractivity contribution in [3.05, 3.63) is 35.4 Å². The Balaban J connectivity index is 3.02. The summed E-state index contributed by atoms with van der Waals surface area (Å²) in [6, 6.07) is 5.77. The highest BCUT2D eigenvalue weighted by Crippen LogP contribution is 2.21. The third-order valence-electron chi connectivity index (χ3n) is 1.68. The second-order valence-electron chi connectivity index (χ2n) is 2.63. The molecule has 0 saturated carbocycles. The second kappa shape index (κ2) is 5.11. The molecule has 0 fully saturated rings. The molecule has 0 unspecified atom stereocenters. The molecule has 0 amide bonds. The summed E-state index contributed by atoms with van der Waals surface area (Å²) in [4.78, 5) is 10.7. The number of alkyl halides is 2. The fraction of sp³-hybridized carbons (Fsp3) is 0.182. The van der Waals surface area contributed by atoms with E-state index in [1.54, 1.807) is 6.07 Å². The highest BCUT2D eigenvalue weighted by Gasteiger charge is 2.10. The maximum Gasteiger partial charge on any atom is 0.384 e. The van der Waals surface area contributed by atoms with Crippen molar-refractivity contribution in [3.8, 4) is 11.8 Å². The van der Waals surface area contributed by atoms with E-state index in [0.29, 0.717) is 0 Å². The number of esters is 1. The van der Waals surface area contributed by atoms with Gasteiger partial charge in [0.2, 0.25) is 0 Å². The van der Waals surface area contributed by atoms with Crippen LogP contribution < -0.4 is 0 Å². The lowest BCUT2D eigenvalue weighted by atomic mass is 10.1. The Labute approximate surface area is 85.9 Å². The number of halogens is 2. The molecule has 78 valence electrons. The van der Waals surface area contributed by atoms with Crippen molar-refractivity contribution < 1.29 is 18.3 Å². The molecule has 0 bridgehead atoms. The SMILES string of the molecule is COC(=O)C#Cc1ccccc1C(F)F. The number of ether oxygens (including phenoxy) is 1. The van der Waals surface area contributed by atoms with Gasteiger partial charge in [0.25, 0.3) is 6.43 Å². The monoisotopic (exact) mass is 210 g/mol. The van der Waals surface area contributed by atoms with Gasteiger partial charge in [-0.25, -0.2) is 13.6 Å². The molecular formula is C11H8F2O2. The predicted octanol–water partition coefficient (Wildman–Crippen LogP) is 2.15. The summed E-state index contributed by atoms with van der Waals surface area (Å²) < 4.78 is 29.2. The quantitative estimate of drug-likeness (QED) is 0.524. The predicted molar refractivity (Wildman–Crippen MR) is 50.3 cm³/mol. The van der Waals surface area contributed by atoms with Gasteiger partial charge in [-0.2, -0.15) is 0 Å². The molecule has 2 nitrogen and oxygen atoms in total. The molecule has 0 atom stereocenters. The maximum atomic E-state index is 12.4. The topological polar surface area (TPSA) is 26.3 Å². The van der Waals surface area contributed by atoms with Gasteiger partial charge in [0, 0.05) is 17.0 Å². The van der Waals surface area contributed by atoms with Crippen molar-refractivity contribution in [2.45, 2.75) is 6.43 Å². The maximum absolute atomic E-state index is 12.4. The van der Waals surface area contributed by atoms with E-state index in [1.807, 2.05) is 0 Å². The first-order valence-corrected chi connectivity index (χ1v) is 4.12. The van der Waals surface area contributed by atoms with Crippen molar-refractivity contribution in [1.82, 2.24) is 0 Å². The van der Waals surface area contributed by atoms with Crippen LogP contribution in [0, 0.1) is 11.8 Å². The number of carbonyl (C=O) groups excluding carboxylic acids is 1. The van der Waals surface area contributed by atoms with Crippen LogP contribution in [0.15, 0.2) is 24.3 Å². The van der Waals surface area contributed by atoms with Gasteiger partial charge >= 0.3 is 5.97 Å². The van der Waals surface area contributed by atoms with E-state index in [1.165, 1.54) is 25.3 Å². The molecule has 0 radical (unpaired) electrons. The minimum Gasteiger partial charge on any atom is -0.459 e. The van der Waals surface area contributed by atoms with Crippen LogP contribution in [0.3, 0.4) is 0 Å². The minimum atomic E-state index is -2.60. The summed E-state index contributed by atoms with van der Waals surface area (Å²) >= 11 is 0. The molecular weight excluding hydrogens is 202 g/mol. The van der Waals surface area contributed by atoms with E-state index in [2.05, 4.69) is 16.6 Å². The molecule has 1 rings (SSSR count). The number of hydrogen-bond acceptors (Lipinski definition) is 2. The summed E-state index contributed by atoms with van der Waals surface area (Å²) in [6.45, 7) is 0. The standard InChI is InChI=1S/C11H8F2O2/c1-15-10(14)7-6-8-4-2-3-5-9(8)11(12)13/h2-5,11H,1H3. The van der Waals surface area contributed by atoms with Gasteiger partial charge < -0.3 is 4.74 Å². The number of rotatable bonds is 1. The summed E-state index contributed by atoms with van der Waals surface area (Å²) in [7, 11) is 1.18. The van der Waals surface area contributed by atoms with Crippen molar-refractivity contribution in [2.24, 2.45) is 0 Å². The van der Waals surface area contributed by atoms with Crippen LogP contribution in [0.1, 0.15) is 17.6 Å². The van der Waals surface area contributed by atoms with Crippen LogP contribution in [0.4, 0.5) is 8.78 Å². The Kier molecular flexibility index (Phi) is 3.81. The first-order valence-electron chi connectivity index (χ1n) is 4.12. The Morgan fingerprint density at radius 2 is 2.07 bits per heavy atom. The summed E-state index contributed by atoms with van der Waals surface area (Å²) in [5, 5.41) is 0. The number of benzene rings is 1. The van der Waals surface area contributed by atoms with E-state index in [9.17, 15) is 13.6 Å². The minimum absolute atomic E-state index is 0.137. The molecule has 0 spiro atoms. The first-order chi connectivity index (χ1) is 7.15. The molecule has 0 aliphatic heterocycles. The van der Waals surface area contributed by atoms with Crippen LogP contribution >= 0.6 is 0 Å². The lowest BCUT2D eigenvalue weighted by Crippen LogP contribution is -1.95. The molecule has 15 heavy (non-hydrogen) atoms. The largest absolute Gasteiger partial charge is 0.459 e. The molecule has 0 heterocycles. The van der Waals surface area contributed by atoms with E-state index in [0.717, 1.165) is 0 Å². The van der Waals surface area contributed by atoms with E-state index in [-0.39, 0.29) is 11.1 Å². The van der Waals surface area contributed by atoms with Gasteiger partial charge in [-0.15, -0.1) is 0 Å². The fourth-order valence-electron chi connectivity index (χ4n) is 0.971. The molecule has 4 heteroatoms. The van der Waals surface area contributed by atoms with Crippen molar-refractivity contribution in [1.29, 1.82) is 0 Å². The van der Waals surface area contributed by atoms with Gasteiger partial charge in [-0.05, 0) is 6.07 Å². The van der Waals surface area contributed by atoms with Gasteiger partial charge in [-0.1, -0.05) is 24.1 Å². The van der Waals surface area contributed by atoms with Crippen LogP contribution in [0.2, 0.25) is 0 Å². The molecule has 0 aliphatic rings. The average Bonchev–Trinajstić information content (AvgIpc) is 2.26. The highest BCUT2D eigenvalue weighted by atomic mass is 19.3. The van der Waals surface area contributed by atoms with Gasteiger partial charge in [0.15, 0.2) is 0 Å². The Bertz CT molecular complexity index is 416. The molecule has 1 aromatic rings. The van der Waals surface area contributed by atoms with E-state index >= 15 is 0 Å². The molecule has 0 aliphatic carbocycles. The normalized spacial score (nSPS) is 9.33. The molecule has 0 aromatic heterocycles. The van der Waals surface area contributed by atoms with Crippen LogP contribution in [0.5, 0.6) is 0 Å². The Morgan fingerprint density at radius 1 is 1.40 bits per heavy atom. The fourth-order valence-corrected chi connectivity index (χ4v) is 0.971. The van der Waals surface area contributed by atoms with Crippen molar-refractivity contribution >= 4 is 5.97 Å². The second-order valence-corrected chi connectivity index (χ2v) is 2.63. The van der Waals surface area contributed by atoms with Crippen LogP contribution in [-0.4, -0.2) is 13.1 Å². The number of methoxy groups -OCH3 is 1. The lowest BCUT2D eigenvalue weighted by molar-refractivity contribution is -0.133. The van der Waals surface area contributed by atoms with Crippen molar-refractivity contribution in [2.75, 3.05) is 7.11 Å². The third-order valence-corrected chi connectivity index (χ3v) is 1.68. The molecule has 1 aromatic carbocycles. The van der Waals surface area contributed by atoms with Crippen molar-refractivity contribution in [3.63, 3.8) is 0 Å². The zero-order chi connectivity index (χ0) is 11.3. The third kappa shape index (κ3) is 3.06. The van der Waals surface area contributed by atoms with Gasteiger partial charge in [0.05, 0.1) is 7.11 Å². The van der Waals surface area contributed by atoms with Gasteiger partial charge in [-0.3, -0.25) is 0 Å². The van der Waals surface area contributed by atoms with Gasteiger partial charge in [0.1, 0.15) is 0 Å². The zero-order valence-corrected chi connectivity index (χ0v) is 7.96. The summed E-state index contributed by atoms with van der Waals surface area (Å²) in [5.41, 5.74) is -0.0493. The smallest absolute Gasteiger partial charge is 0.384 e. The zero-order valence-electron chi connectivity index (χ0n) is 7.96. The summed E-state index contributed by atoms with van der Waals surface area (Å²) in [5.74, 6) is 3.69. The summed E-state index contributed by atoms with van der Waals surface area (Å²) in [6.07, 6.45) is -2.60. The highest BCUT2D eigenvalue weighted by molar-refractivity contribution is 5.89. The number of hydrogen-bond donors (Lipinski definition) is 0. The van der Waals surface area contributed by atoms with Crippen LogP contribution in [-0.2, 0) is 9.53 Å². The van der Waals surface area contributed by atoms with E-state index in [4.69, 9.17) is 0 Å². The Hall–Kier alpha value is -1.89. The number of carbonyl (C=O) groups is 1. The van der Waals surface area contributed by atoms with Crippen LogP contribution in [0.25, 0.3) is 0 Å². The van der Waals surface area contributed by atoms with E-state index < -0.39 is 12.4 Å². The average molecular weight is 210 g/mol. The lowest BCUT2D eigenvalue weighted by Gasteiger charge is -2.01. The molecule has 0 N–H and O–H groups in total. The Morgan fingerprint density at radius 3 is 2.67 bits per heavy atom. The molecule has 0 saturated heterocycles. The first kappa shape index (κ1) is 11.2.